The van der Waals surface area contributed by atoms with Gasteiger partial charge >= 0.3 is 5.97 Å². The Labute approximate surface area is 217 Å². The maximum absolute atomic E-state index is 12.7. The summed E-state index contributed by atoms with van der Waals surface area (Å²) < 4.78 is 3.14. The number of carboxylic acid groups (broad SMARTS) is 1. The summed E-state index contributed by atoms with van der Waals surface area (Å²) >= 11 is 3.42. The van der Waals surface area contributed by atoms with Gasteiger partial charge in [-0.05, 0) is 70.8 Å². The SMILES string of the molecule is O=C(O)c1cccc(-c2ccccc2Cn2ccc3cc(C(=O)NCc4ccc(Br)cc4)ccc32)c1. The van der Waals surface area contributed by atoms with E-state index >= 15 is 0 Å². The first kappa shape index (κ1) is 23.6. The lowest BCUT2D eigenvalue weighted by Crippen LogP contribution is -2.22. The Morgan fingerprint density at radius 3 is 2.44 bits per heavy atom. The number of halogens is 1. The zero-order valence-corrected chi connectivity index (χ0v) is 20.9. The number of amides is 1. The zero-order chi connectivity index (χ0) is 25.1. The number of hydrogen-bond donors (Lipinski definition) is 2. The standard InChI is InChI=1S/C30H23BrN2O3/c31-26-11-8-20(9-12-26)18-32-29(34)23-10-13-28-22(17-23)14-15-33(28)19-25-4-1-2-7-27(25)21-5-3-6-24(16-21)30(35)36/h1-17H,18-19H2,(H,32,34)(H,35,36). The molecule has 4 aromatic carbocycles. The van der Waals surface area contributed by atoms with Gasteiger partial charge in [-0.2, -0.15) is 0 Å². The van der Waals surface area contributed by atoms with Crippen LogP contribution in [0.1, 0.15) is 31.8 Å². The molecule has 0 unspecified atom stereocenters. The van der Waals surface area contributed by atoms with E-state index in [-0.39, 0.29) is 11.5 Å². The van der Waals surface area contributed by atoms with Gasteiger partial charge in [-0.15, -0.1) is 0 Å². The molecule has 0 bridgehead atoms. The van der Waals surface area contributed by atoms with Crippen LogP contribution in [-0.2, 0) is 13.1 Å². The van der Waals surface area contributed by atoms with Crippen molar-refractivity contribution in [2.24, 2.45) is 0 Å². The third kappa shape index (κ3) is 5.09. The second kappa shape index (κ2) is 10.2. The van der Waals surface area contributed by atoms with Gasteiger partial charge in [-0.3, -0.25) is 4.79 Å². The van der Waals surface area contributed by atoms with Gasteiger partial charge in [0.15, 0.2) is 0 Å². The molecule has 0 aliphatic rings. The highest BCUT2D eigenvalue weighted by atomic mass is 79.9. The minimum atomic E-state index is -0.942. The molecule has 5 aromatic rings. The summed E-state index contributed by atoms with van der Waals surface area (Å²) in [5.74, 6) is -1.06. The van der Waals surface area contributed by atoms with Crippen molar-refractivity contribution >= 4 is 38.7 Å². The van der Waals surface area contributed by atoms with Gasteiger partial charge in [0.2, 0.25) is 0 Å². The molecule has 0 atom stereocenters. The molecule has 0 aliphatic carbocycles. The third-order valence-electron chi connectivity index (χ3n) is 6.18. The van der Waals surface area contributed by atoms with Crippen molar-refractivity contribution in [1.82, 2.24) is 9.88 Å². The molecule has 6 heteroatoms. The predicted octanol–water partition coefficient (Wildman–Crippen LogP) is 6.75. The van der Waals surface area contributed by atoms with Crippen molar-refractivity contribution in [2.45, 2.75) is 13.1 Å². The van der Waals surface area contributed by atoms with E-state index in [4.69, 9.17) is 0 Å². The first-order valence-corrected chi connectivity index (χ1v) is 12.3. The lowest BCUT2D eigenvalue weighted by molar-refractivity contribution is 0.0696. The maximum atomic E-state index is 12.7. The number of fused-ring (bicyclic) bond motifs is 1. The van der Waals surface area contributed by atoms with E-state index in [0.717, 1.165) is 37.6 Å². The van der Waals surface area contributed by atoms with Crippen LogP contribution in [0.15, 0.2) is 108 Å². The fourth-order valence-corrected chi connectivity index (χ4v) is 4.57. The molecular formula is C30H23BrN2O3. The van der Waals surface area contributed by atoms with Crippen molar-refractivity contribution in [3.63, 3.8) is 0 Å². The van der Waals surface area contributed by atoms with Crippen LogP contribution in [0.25, 0.3) is 22.0 Å². The third-order valence-corrected chi connectivity index (χ3v) is 6.71. The van der Waals surface area contributed by atoms with Crippen LogP contribution >= 0.6 is 15.9 Å². The normalized spacial score (nSPS) is 10.9. The highest BCUT2D eigenvalue weighted by molar-refractivity contribution is 9.10. The van der Waals surface area contributed by atoms with Crippen LogP contribution in [0.2, 0.25) is 0 Å². The summed E-state index contributed by atoms with van der Waals surface area (Å²) in [5.41, 5.74) is 5.87. The first-order chi connectivity index (χ1) is 17.5. The molecule has 2 N–H and O–H groups in total. The Hall–Kier alpha value is -4.16. The summed E-state index contributed by atoms with van der Waals surface area (Å²) in [6.07, 6.45) is 2.01. The smallest absolute Gasteiger partial charge is 0.335 e. The second-order valence-corrected chi connectivity index (χ2v) is 9.49. The van der Waals surface area contributed by atoms with Gasteiger partial charge < -0.3 is 15.0 Å². The van der Waals surface area contributed by atoms with E-state index in [2.05, 4.69) is 31.9 Å². The topological polar surface area (TPSA) is 71.3 Å². The van der Waals surface area contributed by atoms with Crippen molar-refractivity contribution < 1.29 is 14.7 Å². The molecular weight excluding hydrogens is 516 g/mol. The van der Waals surface area contributed by atoms with Crippen molar-refractivity contribution in [1.29, 1.82) is 0 Å². The molecule has 36 heavy (non-hydrogen) atoms. The van der Waals surface area contributed by atoms with Gasteiger partial charge in [0, 0.05) is 40.2 Å². The molecule has 0 saturated heterocycles. The average molecular weight is 539 g/mol. The monoisotopic (exact) mass is 538 g/mol. The number of nitrogens with one attached hydrogen (secondary N) is 1. The van der Waals surface area contributed by atoms with E-state index in [1.165, 1.54) is 0 Å². The van der Waals surface area contributed by atoms with Crippen LogP contribution in [0.4, 0.5) is 0 Å². The maximum Gasteiger partial charge on any atom is 0.335 e. The van der Waals surface area contributed by atoms with Gasteiger partial charge in [-0.1, -0.05) is 64.5 Å². The number of carbonyl (C=O) groups is 2. The molecule has 178 valence electrons. The average Bonchev–Trinajstić information content (AvgIpc) is 3.30. The number of carboxylic acids is 1. The molecule has 5 nitrogen and oxygen atoms in total. The van der Waals surface area contributed by atoms with Crippen LogP contribution in [0.5, 0.6) is 0 Å². The largest absolute Gasteiger partial charge is 0.478 e. The van der Waals surface area contributed by atoms with E-state index in [0.29, 0.717) is 18.7 Å². The lowest BCUT2D eigenvalue weighted by atomic mass is 9.98. The van der Waals surface area contributed by atoms with E-state index in [1.807, 2.05) is 79.0 Å². The molecule has 0 radical (unpaired) electrons. The number of aromatic nitrogens is 1. The molecule has 0 fully saturated rings. The van der Waals surface area contributed by atoms with Gasteiger partial charge in [-0.25, -0.2) is 4.79 Å². The van der Waals surface area contributed by atoms with Crippen LogP contribution in [0.3, 0.4) is 0 Å². The number of nitrogens with zero attached hydrogens (tertiary/aromatic N) is 1. The highest BCUT2D eigenvalue weighted by Crippen LogP contribution is 2.27. The quantitative estimate of drug-likeness (QED) is 0.241. The minimum Gasteiger partial charge on any atom is -0.478 e. The Bertz CT molecular complexity index is 1570. The predicted molar refractivity (Wildman–Crippen MR) is 145 cm³/mol. The second-order valence-electron chi connectivity index (χ2n) is 8.57. The summed E-state index contributed by atoms with van der Waals surface area (Å²) in [6, 6.07) is 30.6. The molecule has 0 aliphatic heterocycles. The van der Waals surface area contributed by atoms with Crippen LogP contribution in [-0.4, -0.2) is 21.6 Å². The Kier molecular flexibility index (Phi) is 6.69. The molecule has 1 heterocycles. The Balaban J connectivity index is 1.36. The summed E-state index contributed by atoms with van der Waals surface area (Å²) in [5, 5.41) is 13.3. The Morgan fingerprint density at radius 1 is 0.833 bits per heavy atom. The molecule has 0 saturated carbocycles. The molecule has 1 aromatic heterocycles. The Morgan fingerprint density at radius 2 is 1.64 bits per heavy atom. The van der Waals surface area contributed by atoms with E-state index in [1.54, 1.807) is 18.2 Å². The van der Waals surface area contributed by atoms with E-state index < -0.39 is 5.97 Å². The molecule has 5 rings (SSSR count). The summed E-state index contributed by atoms with van der Waals surface area (Å²) in [4.78, 5) is 24.2. The minimum absolute atomic E-state index is 0.115. The number of carbonyl (C=O) groups excluding carboxylic acids is 1. The molecule has 0 spiro atoms. The first-order valence-electron chi connectivity index (χ1n) is 11.5. The summed E-state index contributed by atoms with van der Waals surface area (Å²) in [6.45, 7) is 1.08. The fraction of sp³-hybridized carbons (Fsp3) is 0.0667. The highest BCUT2D eigenvalue weighted by Gasteiger charge is 2.12. The number of aromatic carboxylic acids is 1. The van der Waals surface area contributed by atoms with Gasteiger partial charge in [0.05, 0.1) is 5.56 Å². The van der Waals surface area contributed by atoms with Crippen molar-refractivity contribution in [2.75, 3.05) is 0 Å². The van der Waals surface area contributed by atoms with Gasteiger partial charge in [0.1, 0.15) is 0 Å². The van der Waals surface area contributed by atoms with Crippen LogP contribution in [0, 0.1) is 0 Å². The summed E-state index contributed by atoms with van der Waals surface area (Å²) in [7, 11) is 0. The van der Waals surface area contributed by atoms with Crippen LogP contribution < -0.4 is 5.32 Å². The number of rotatable bonds is 7. The number of hydrogen-bond acceptors (Lipinski definition) is 2. The fourth-order valence-electron chi connectivity index (χ4n) is 4.31. The lowest BCUT2D eigenvalue weighted by Gasteiger charge is -2.13. The number of benzene rings is 4. The van der Waals surface area contributed by atoms with E-state index in [9.17, 15) is 14.7 Å². The van der Waals surface area contributed by atoms with Gasteiger partial charge in [0.25, 0.3) is 5.91 Å². The molecule has 1 amide bonds. The van der Waals surface area contributed by atoms with Crippen molar-refractivity contribution in [3.8, 4) is 11.1 Å². The van der Waals surface area contributed by atoms with Crippen molar-refractivity contribution in [3.05, 3.63) is 130 Å². The zero-order valence-electron chi connectivity index (χ0n) is 19.3.